The van der Waals surface area contributed by atoms with Crippen LogP contribution in [0.5, 0.6) is 5.75 Å². The van der Waals surface area contributed by atoms with E-state index in [0.29, 0.717) is 46.2 Å². The number of aryl methyl sites for hydroxylation is 1. The summed E-state index contributed by atoms with van der Waals surface area (Å²) in [4.78, 5) is 26.3. The van der Waals surface area contributed by atoms with Gasteiger partial charge in [0.1, 0.15) is 5.75 Å². The first-order chi connectivity index (χ1) is 17.9. The highest BCUT2D eigenvalue weighted by molar-refractivity contribution is 6.74. The molecule has 1 N–H and O–H groups in total. The van der Waals surface area contributed by atoms with Crippen molar-refractivity contribution in [1.82, 2.24) is 9.88 Å². The molecule has 0 unspecified atom stereocenters. The summed E-state index contributed by atoms with van der Waals surface area (Å²) < 4.78 is 14.2. The van der Waals surface area contributed by atoms with Gasteiger partial charge in [-0.25, -0.2) is 0 Å². The Kier molecular flexibility index (Phi) is 6.66. The average molecular weight is 549 g/mol. The third-order valence-electron chi connectivity index (χ3n) is 8.00. The summed E-state index contributed by atoms with van der Waals surface area (Å²) >= 11 is 6.58. The topological polar surface area (TPSA) is 69.6 Å². The molecular formula is C30H33ClN2O4Si. The van der Waals surface area contributed by atoms with Crippen molar-refractivity contribution in [3.05, 3.63) is 64.7 Å². The van der Waals surface area contributed by atoms with Gasteiger partial charge in [0.15, 0.2) is 8.32 Å². The first-order valence-corrected chi connectivity index (χ1v) is 16.1. The van der Waals surface area contributed by atoms with Crippen molar-refractivity contribution in [2.75, 3.05) is 13.7 Å². The van der Waals surface area contributed by atoms with Gasteiger partial charge >= 0.3 is 0 Å². The second kappa shape index (κ2) is 9.56. The highest BCUT2D eigenvalue weighted by atomic mass is 35.5. The minimum Gasteiger partial charge on any atom is -0.497 e. The van der Waals surface area contributed by atoms with Gasteiger partial charge in [0.2, 0.25) is 0 Å². The summed E-state index contributed by atoms with van der Waals surface area (Å²) in [7, 11) is -0.248. The summed E-state index contributed by atoms with van der Waals surface area (Å²) in [5.74, 6) is -0.119. The predicted octanol–water partition coefficient (Wildman–Crippen LogP) is 7.42. The van der Waals surface area contributed by atoms with Crippen LogP contribution in [0.1, 0.15) is 47.9 Å². The Morgan fingerprint density at radius 3 is 2.34 bits per heavy atom. The molecule has 0 bridgehead atoms. The molecule has 3 aromatic carbocycles. The summed E-state index contributed by atoms with van der Waals surface area (Å²) in [6.45, 7) is 12.6. The van der Waals surface area contributed by atoms with E-state index in [1.54, 1.807) is 13.2 Å². The first kappa shape index (κ1) is 26.5. The molecule has 0 spiro atoms. The SMILES string of the molecule is COc1ccc2c(c1)c1c3c(c(-c4ccccc4Cl)cc1n2CCCO[Si](C)(C)C(C)(C)C)C(=O)NC3=O. The Balaban J connectivity index is 1.70. The molecule has 2 amide bonds. The number of hydrogen-bond acceptors (Lipinski definition) is 4. The van der Waals surface area contributed by atoms with Crippen LogP contribution in [0.15, 0.2) is 48.5 Å². The quantitative estimate of drug-likeness (QED) is 0.148. The molecule has 0 aliphatic carbocycles. The Labute approximate surface area is 229 Å². The molecule has 1 aromatic heterocycles. The van der Waals surface area contributed by atoms with Gasteiger partial charge in [-0.05, 0) is 60.4 Å². The summed E-state index contributed by atoms with van der Waals surface area (Å²) in [5.41, 5.74) is 3.95. The van der Waals surface area contributed by atoms with Crippen molar-refractivity contribution in [2.24, 2.45) is 0 Å². The molecule has 1 aliphatic heterocycles. The van der Waals surface area contributed by atoms with E-state index in [0.717, 1.165) is 28.2 Å². The van der Waals surface area contributed by atoms with Gasteiger partial charge in [-0.2, -0.15) is 0 Å². The van der Waals surface area contributed by atoms with Gasteiger partial charge in [-0.15, -0.1) is 0 Å². The number of halogens is 1. The lowest BCUT2D eigenvalue weighted by Crippen LogP contribution is -2.41. The summed E-state index contributed by atoms with van der Waals surface area (Å²) in [5, 5.41) is 4.79. The lowest BCUT2D eigenvalue weighted by Gasteiger charge is -2.36. The molecule has 4 aromatic rings. The molecule has 2 heterocycles. The number of nitrogens with zero attached hydrogens (tertiary/aromatic N) is 1. The Hall–Kier alpha value is -3.13. The maximum Gasteiger partial charge on any atom is 0.259 e. The Bertz CT molecular complexity index is 1600. The highest BCUT2D eigenvalue weighted by Crippen LogP contribution is 2.43. The van der Waals surface area contributed by atoms with Crippen molar-refractivity contribution >= 4 is 53.5 Å². The molecule has 0 fully saturated rings. The van der Waals surface area contributed by atoms with Crippen molar-refractivity contribution in [3.8, 4) is 16.9 Å². The van der Waals surface area contributed by atoms with Crippen LogP contribution in [0, 0.1) is 0 Å². The van der Waals surface area contributed by atoms with E-state index in [-0.39, 0.29) is 5.04 Å². The van der Waals surface area contributed by atoms with Crippen molar-refractivity contribution < 1.29 is 18.8 Å². The Morgan fingerprint density at radius 1 is 0.947 bits per heavy atom. The van der Waals surface area contributed by atoms with Crippen LogP contribution in [0.4, 0.5) is 0 Å². The number of fused-ring (bicyclic) bond motifs is 5. The number of methoxy groups -OCH3 is 1. The van der Waals surface area contributed by atoms with E-state index in [4.69, 9.17) is 20.8 Å². The highest BCUT2D eigenvalue weighted by Gasteiger charge is 2.37. The number of imide groups is 1. The van der Waals surface area contributed by atoms with Gasteiger partial charge in [0, 0.05) is 40.0 Å². The van der Waals surface area contributed by atoms with E-state index in [1.165, 1.54) is 0 Å². The molecular weight excluding hydrogens is 516 g/mol. The fourth-order valence-corrected chi connectivity index (χ4v) is 6.28. The first-order valence-electron chi connectivity index (χ1n) is 12.9. The number of amides is 2. The average Bonchev–Trinajstić information content (AvgIpc) is 3.33. The van der Waals surface area contributed by atoms with Crippen molar-refractivity contribution in [1.29, 1.82) is 0 Å². The molecule has 6 nitrogen and oxygen atoms in total. The van der Waals surface area contributed by atoms with Crippen LogP contribution in [0.2, 0.25) is 23.2 Å². The fourth-order valence-electron chi connectivity index (χ4n) is 4.95. The zero-order valence-electron chi connectivity index (χ0n) is 22.7. The minimum atomic E-state index is -1.87. The lowest BCUT2D eigenvalue weighted by molar-refractivity contribution is 0.0880. The van der Waals surface area contributed by atoms with Gasteiger partial charge < -0.3 is 13.7 Å². The fraction of sp³-hybridized carbons (Fsp3) is 0.333. The number of hydrogen-bond donors (Lipinski definition) is 1. The molecule has 8 heteroatoms. The van der Waals surface area contributed by atoms with Crippen molar-refractivity contribution in [2.45, 2.75) is 51.9 Å². The maximum absolute atomic E-state index is 13.2. The van der Waals surface area contributed by atoms with Crippen LogP contribution in [0.3, 0.4) is 0 Å². The predicted molar refractivity (Wildman–Crippen MR) is 156 cm³/mol. The molecule has 1 aliphatic rings. The zero-order valence-corrected chi connectivity index (χ0v) is 24.5. The monoisotopic (exact) mass is 548 g/mol. The summed E-state index contributed by atoms with van der Waals surface area (Å²) in [6.07, 6.45) is 0.807. The normalized spacial score (nSPS) is 13.9. The van der Waals surface area contributed by atoms with Gasteiger partial charge in [0.25, 0.3) is 11.8 Å². The minimum absolute atomic E-state index is 0.140. The number of carbonyl (C=O) groups is 2. The third-order valence-corrected chi connectivity index (χ3v) is 12.9. The maximum atomic E-state index is 13.2. The van der Waals surface area contributed by atoms with Crippen LogP contribution < -0.4 is 10.1 Å². The van der Waals surface area contributed by atoms with E-state index in [1.807, 2.05) is 42.5 Å². The standard InChI is InChI=1S/C30H33ClN2O4Si/c1-30(2,3)38(5,6)37-15-9-14-33-23-13-12-18(36-4)16-21(23)25-24(33)17-20(19-10-7-8-11-22(19)31)26-27(25)29(35)32-28(26)34/h7-8,10-13,16-17H,9,14-15H2,1-6H3,(H,32,34,35). The lowest BCUT2D eigenvalue weighted by atomic mass is 9.93. The van der Waals surface area contributed by atoms with Gasteiger partial charge in [-0.3, -0.25) is 14.9 Å². The summed E-state index contributed by atoms with van der Waals surface area (Å²) in [6, 6.07) is 15.3. The molecule has 0 saturated heterocycles. The third kappa shape index (κ3) is 4.32. The number of ether oxygens (including phenoxy) is 1. The van der Waals surface area contributed by atoms with Crippen LogP contribution >= 0.6 is 11.6 Å². The molecule has 0 saturated carbocycles. The Morgan fingerprint density at radius 2 is 1.66 bits per heavy atom. The van der Waals surface area contributed by atoms with E-state index in [2.05, 4.69) is 43.7 Å². The van der Waals surface area contributed by atoms with Gasteiger partial charge in [-0.1, -0.05) is 50.6 Å². The van der Waals surface area contributed by atoms with E-state index < -0.39 is 20.1 Å². The number of nitrogens with one attached hydrogen (secondary N) is 1. The van der Waals surface area contributed by atoms with E-state index >= 15 is 0 Å². The van der Waals surface area contributed by atoms with Crippen LogP contribution in [0.25, 0.3) is 32.9 Å². The molecule has 5 rings (SSSR count). The van der Waals surface area contributed by atoms with Crippen molar-refractivity contribution in [3.63, 3.8) is 0 Å². The molecule has 198 valence electrons. The van der Waals surface area contributed by atoms with E-state index in [9.17, 15) is 9.59 Å². The number of rotatable bonds is 7. The van der Waals surface area contributed by atoms with Gasteiger partial charge in [0.05, 0.1) is 23.8 Å². The smallest absolute Gasteiger partial charge is 0.259 e. The second-order valence-electron chi connectivity index (χ2n) is 11.3. The van der Waals surface area contributed by atoms with Crippen LogP contribution in [-0.2, 0) is 11.0 Å². The molecule has 0 radical (unpaired) electrons. The number of aromatic nitrogens is 1. The number of carbonyl (C=O) groups excluding carboxylic acids is 2. The van der Waals surface area contributed by atoms with Crippen LogP contribution in [-0.4, -0.2) is 38.4 Å². The second-order valence-corrected chi connectivity index (χ2v) is 16.5. The molecule has 0 atom stereocenters. The zero-order chi connectivity index (χ0) is 27.4. The molecule has 38 heavy (non-hydrogen) atoms. The number of benzene rings is 3. The largest absolute Gasteiger partial charge is 0.497 e.